The van der Waals surface area contributed by atoms with Gasteiger partial charge >= 0.3 is 6.18 Å². The predicted octanol–water partition coefficient (Wildman–Crippen LogP) is 4.62. The van der Waals surface area contributed by atoms with Crippen molar-refractivity contribution >= 4 is 23.2 Å². The van der Waals surface area contributed by atoms with Gasteiger partial charge in [-0.05, 0) is 43.7 Å². The summed E-state index contributed by atoms with van der Waals surface area (Å²) in [6.07, 6.45) is -4.54. The van der Waals surface area contributed by atoms with Gasteiger partial charge in [0, 0.05) is 10.7 Å². The summed E-state index contributed by atoms with van der Waals surface area (Å²) in [6, 6.07) is 6.88. The van der Waals surface area contributed by atoms with Crippen LogP contribution in [0.4, 0.5) is 18.9 Å². The standard InChI is InChI=1S/C15H12ClF3N2O/c1-8-3-4-10(16)7-12(8)21-14(22)11-5-6-13(15(17,18)19)20-9(11)2/h3-7H,1-2H3,(H,21,22). The average Bonchev–Trinajstić information content (AvgIpc) is 2.41. The van der Waals surface area contributed by atoms with Gasteiger partial charge in [-0.2, -0.15) is 13.2 Å². The molecule has 0 unspecified atom stereocenters. The van der Waals surface area contributed by atoms with E-state index in [4.69, 9.17) is 11.6 Å². The number of hydrogen-bond acceptors (Lipinski definition) is 2. The van der Waals surface area contributed by atoms with Gasteiger partial charge in [-0.1, -0.05) is 17.7 Å². The summed E-state index contributed by atoms with van der Waals surface area (Å²) < 4.78 is 37.7. The van der Waals surface area contributed by atoms with Crippen molar-refractivity contribution in [2.24, 2.45) is 0 Å². The van der Waals surface area contributed by atoms with Crippen LogP contribution in [0, 0.1) is 13.8 Å². The third-order valence-electron chi connectivity index (χ3n) is 3.07. The summed E-state index contributed by atoms with van der Waals surface area (Å²) in [5, 5.41) is 3.07. The van der Waals surface area contributed by atoms with Crippen LogP contribution in [0.15, 0.2) is 30.3 Å². The first kappa shape index (κ1) is 16.3. The molecule has 0 aliphatic carbocycles. The lowest BCUT2D eigenvalue weighted by Crippen LogP contribution is -2.17. The van der Waals surface area contributed by atoms with Gasteiger partial charge in [0.15, 0.2) is 0 Å². The Hall–Kier alpha value is -2.08. The first-order valence-electron chi connectivity index (χ1n) is 6.31. The van der Waals surface area contributed by atoms with E-state index in [0.29, 0.717) is 10.7 Å². The minimum atomic E-state index is -4.54. The lowest BCUT2D eigenvalue weighted by molar-refractivity contribution is -0.141. The topological polar surface area (TPSA) is 42.0 Å². The van der Waals surface area contributed by atoms with Crippen LogP contribution in [0.25, 0.3) is 0 Å². The predicted molar refractivity (Wildman–Crippen MR) is 78.1 cm³/mol. The molecular formula is C15H12ClF3N2O. The Labute approximate surface area is 130 Å². The van der Waals surface area contributed by atoms with Gasteiger partial charge in [0.05, 0.1) is 11.3 Å². The molecular weight excluding hydrogens is 317 g/mol. The second kappa shape index (κ2) is 5.96. The Bertz CT molecular complexity index is 729. The van der Waals surface area contributed by atoms with Gasteiger partial charge in [-0.25, -0.2) is 4.98 Å². The van der Waals surface area contributed by atoms with Gasteiger partial charge in [-0.3, -0.25) is 4.79 Å². The molecule has 0 saturated heterocycles. The molecule has 0 atom stereocenters. The maximum atomic E-state index is 12.6. The van der Waals surface area contributed by atoms with E-state index >= 15 is 0 Å². The van der Waals surface area contributed by atoms with Crippen LogP contribution in [0.3, 0.4) is 0 Å². The van der Waals surface area contributed by atoms with E-state index in [1.54, 1.807) is 25.1 Å². The highest BCUT2D eigenvalue weighted by atomic mass is 35.5. The fourth-order valence-electron chi connectivity index (χ4n) is 1.88. The Morgan fingerprint density at radius 1 is 1.18 bits per heavy atom. The highest BCUT2D eigenvalue weighted by Gasteiger charge is 2.33. The molecule has 22 heavy (non-hydrogen) atoms. The zero-order valence-electron chi connectivity index (χ0n) is 11.8. The van der Waals surface area contributed by atoms with Gasteiger partial charge in [-0.15, -0.1) is 0 Å². The van der Waals surface area contributed by atoms with Crippen molar-refractivity contribution in [1.82, 2.24) is 4.98 Å². The average molecular weight is 329 g/mol. The quantitative estimate of drug-likeness (QED) is 0.873. The van der Waals surface area contributed by atoms with Crippen molar-refractivity contribution in [3.8, 4) is 0 Å². The first-order valence-corrected chi connectivity index (χ1v) is 6.68. The molecule has 2 aromatic rings. The van der Waals surface area contributed by atoms with Crippen molar-refractivity contribution in [3.63, 3.8) is 0 Å². The van der Waals surface area contributed by atoms with E-state index in [1.807, 2.05) is 0 Å². The molecule has 116 valence electrons. The Balaban J connectivity index is 2.29. The maximum absolute atomic E-state index is 12.6. The maximum Gasteiger partial charge on any atom is 0.433 e. The number of aromatic nitrogens is 1. The van der Waals surface area contributed by atoms with Crippen LogP contribution in [0.1, 0.15) is 27.3 Å². The molecule has 0 bridgehead atoms. The van der Waals surface area contributed by atoms with Crippen molar-refractivity contribution in [2.45, 2.75) is 20.0 Å². The molecule has 1 aromatic heterocycles. The van der Waals surface area contributed by atoms with Crippen LogP contribution in [-0.4, -0.2) is 10.9 Å². The highest BCUT2D eigenvalue weighted by Crippen LogP contribution is 2.28. The number of amides is 1. The molecule has 1 N–H and O–H groups in total. The smallest absolute Gasteiger partial charge is 0.322 e. The number of nitrogens with zero attached hydrogens (tertiary/aromatic N) is 1. The fraction of sp³-hybridized carbons (Fsp3) is 0.200. The minimum absolute atomic E-state index is 0.00649. The number of anilines is 1. The molecule has 0 spiro atoms. The molecule has 0 saturated carbocycles. The number of rotatable bonds is 2. The third-order valence-corrected chi connectivity index (χ3v) is 3.30. The number of carbonyl (C=O) groups is 1. The zero-order valence-corrected chi connectivity index (χ0v) is 12.5. The molecule has 0 aliphatic rings. The summed E-state index contributed by atoms with van der Waals surface area (Å²) in [4.78, 5) is 15.6. The Morgan fingerprint density at radius 3 is 2.45 bits per heavy atom. The SMILES string of the molecule is Cc1ccc(Cl)cc1NC(=O)c1ccc(C(F)(F)F)nc1C. The molecule has 7 heteroatoms. The summed E-state index contributed by atoms with van der Waals surface area (Å²) in [5.41, 5.74) is 0.340. The van der Waals surface area contributed by atoms with E-state index in [-0.39, 0.29) is 11.3 Å². The molecule has 1 amide bonds. The van der Waals surface area contributed by atoms with Crippen LogP contribution < -0.4 is 5.32 Å². The molecule has 2 rings (SSSR count). The van der Waals surface area contributed by atoms with E-state index in [0.717, 1.165) is 17.7 Å². The van der Waals surface area contributed by atoms with Gasteiger partial charge < -0.3 is 5.32 Å². The number of carbonyl (C=O) groups excluding carboxylic acids is 1. The molecule has 0 radical (unpaired) electrons. The second-order valence-electron chi connectivity index (χ2n) is 4.74. The summed E-state index contributed by atoms with van der Waals surface area (Å²) in [5.74, 6) is -0.538. The monoisotopic (exact) mass is 328 g/mol. The lowest BCUT2D eigenvalue weighted by Gasteiger charge is -2.12. The van der Waals surface area contributed by atoms with Crippen molar-refractivity contribution < 1.29 is 18.0 Å². The van der Waals surface area contributed by atoms with Crippen LogP contribution in [-0.2, 0) is 6.18 Å². The van der Waals surface area contributed by atoms with E-state index in [9.17, 15) is 18.0 Å². The number of alkyl halides is 3. The van der Waals surface area contributed by atoms with Gasteiger partial charge in [0.1, 0.15) is 5.69 Å². The molecule has 0 aliphatic heterocycles. The third kappa shape index (κ3) is 3.57. The van der Waals surface area contributed by atoms with Crippen LogP contribution in [0.5, 0.6) is 0 Å². The molecule has 1 aromatic carbocycles. The second-order valence-corrected chi connectivity index (χ2v) is 5.18. The van der Waals surface area contributed by atoms with Gasteiger partial charge in [0.2, 0.25) is 0 Å². The van der Waals surface area contributed by atoms with E-state index in [2.05, 4.69) is 10.3 Å². The number of benzene rings is 1. The molecule has 1 heterocycles. The molecule has 0 fully saturated rings. The zero-order chi connectivity index (χ0) is 16.5. The number of nitrogens with one attached hydrogen (secondary N) is 1. The van der Waals surface area contributed by atoms with Gasteiger partial charge in [0.25, 0.3) is 5.91 Å². The summed E-state index contributed by atoms with van der Waals surface area (Å²) >= 11 is 5.86. The minimum Gasteiger partial charge on any atom is -0.322 e. The Kier molecular flexibility index (Phi) is 4.42. The molecule has 3 nitrogen and oxygen atoms in total. The lowest BCUT2D eigenvalue weighted by atomic mass is 10.1. The number of aryl methyl sites for hydroxylation is 2. The van der Waals surface area contributed by atoms with Crippen LogP contribution >= 0.6 is 11.6 Å². The Morgan fingerprint density at radius 2 is 1.86 bits per heavy atom. The van der Waals surface area contributed by atoms with Crippen LogP contribution in [0.2, 0.25) is 5.02 Å². The summed E-state index contributed by atoms with van der Waals surface area (Å²) in [7, 11) is 0. The number of pyridine rings is 1. The number of halogens is 4. The van der Waals surface area contributed by atoms with Crippen molar-refractivity contribution in [3.05, 3.63) is 57.9 Å². The highest BCUT2D eigenvalue weighted by molar-refractivity contribution is 6.31. The fourth-order valence-corrected chi connectivity index (χ4v) is 2.05. The van der Waals surface area contributed by atoms with E-state index in [1.165, 1.54) is 6.92 Å². The van der Waals surface area contributed by atoms with Crippen molar-refractivity contribution in [2.75, 3.05) is 5.32 Å². The first-order chi connectivity index (χ1) is 10.2. The summed E-state index contributed by atoms with van der Waals surface area (Å²) in [6.45, 7) is 3.14. The number of hydrogen-bond donors (Lipinski definition) is 1. The van der Waals surface area contributed by atoms with Crippen molar-refractivity contribution in [1.29, 1.82) is 0 Å². The normalized spacial score (nSPS) is 11.4. The largest absolute Gasteiger partial charge is 0.433 e. The van der Waals surface area contributed by atoms with E-state index < -0.39 is 17.8 Å².